The number of thioether (sulfide) groups is 1. The van der Waals surface area contributed by atoms with E-state index in [0.717, 1.165) is 25.3 Å². The lowest BCUT2D eigenvalue weighted by molar-refractivity contribution is -0.139. The molecule has 0 aromatic heterocycles. The number of hydrogen-bond acceptors (Lipinski definition) is 4. The van der Waals surface area contributed by atoms with Crippen LogP contribution >= 0.6 is 11.8 Å². The van der Waals surface area contributed by atoms with E-state index >= 15 is 0 Å². The van der Waals surface area contributed by atoms with E-state index < -0.39 is 12.1 Å². The van der Waals surface area contributed by atoms with Crippen LogP contribution in [0.5, 0.6) is 0 Å². The van der Waals surface area contributed by atoms with Crippen molar-refractivity contribution in [3.8, 4) is 0 Å². The molecule has 0 spiro atoms. The minimum atomic E-state index is -0.933. The minimum Gasteiger partial charge on any atom is -0.481 e. The number of hydrogen-bond donors (Lipinski definition) is 2. The number of rotatable bonds is 4. The van der Waals surface area contributed by atoms with Crippen LogP contribution in [0.3, 0.4) is 0 Å². The van der Waals surface area contributed by atoms with Crippen LogP contribution in [0, 0.1) is 0 Å². The molecule has 0 aromatic rings. The van der Waals surface area contributed by atoms with Gasteiger partial charge in [-0.25, -0.2) is 0 Å². The van der Waals surface area contributed by atoms with Crippen LogP contribution in [-0.2, 0) is 4.79 Å². The maximum absolute atomic E-state index is 10.4. The first-order valence-electron chi connectivity index (χ1n) is 5.65. The van der Waals surface area contributed by atoms with Gasteiger partial charge in [0.05, 0.1) is 12.5 Å². The van der Waals surface area contributed by atoms with Gasteiger partial charge in [-0.15, -0.1) is 0 Å². The van der Waals surface area contributed by atoms with E-state index in [1.54, 1.807) is 0 Å². The summed E-state index contributed by atoms with van der Waals surface area (Å²) < 4.78 is 0.298. The Hall–Kier alpha value is -0.260. The van der Waals surface area contributed by atoms with Gasteiger partial charge in [-0.3, -0.25) is 9.69 Å². The molecule has 16 heavy (non-hydrogen) atoms. The smallest absolute Gasteiger partial charge is 0.306 e. The maximum Gasteiger partial charge on any atom is 0.306 e. The molecule has 1 rings (SSSR count). The fraction of sp³-hybridized carbons (Fsp3) is 0.909. The van der Waals surface area contributed by atoms with Gasteiger partial charge in [-0.1, -0.05) is 13.8 Å². The SMILES string of the molecule is CC1(C)CCN(CC(O)CC(=O)O)CCS1. The highest BCUT2D eigenvalue weighted by molar-refractivity contribution is 8.00. The predicted molar refractivity (Wildman–Crippen MR) is 65.9 cm³/mol. The first-order valence-corrected chi connectivity index (χ1v) is 6.64. The lowest BCUT2D eigenvalue weighted by atomic mass is 10.1. The van der Waals surface area contributed by atoms with Gasteiger partial charge in [0, 0.05) is 23.6 Å². The zero-order valence-corrected chi connectivity index (χ0v) is 10.8. The molecule has 1 unspecified atom stereocenters. The molecule has 2 N–H and O–H groups in total. The van der Waals surface area contributed by atoms with E-state index in [1.807, 2.05) is 11.8 Å². The van der Waals surface area contributed by atoms with Crippen molar-refractivity contribution in [2.75, 3.05) is 25.4 Å². The molecule has 1 heterocycles. The van der Waals surface area contributed by atoms with Gasteiger partial charge in [-0.2, -0.15) is 11.8 Å². The molecular weight excluding hydrogens is 226 g/mol. The predicted octanol–water partition coefficient (Wildman–Crippen LogP) is 1.04. The van der Waals surface area contributed by atoms with Crippen molar-refractivity contribution in [2.45, 2.75) is 37.5 Å². The molecule has 1 saturated heterocycles. The lowest BCUT2D eigenvalue weighted by Crippen LogP contribution is -2.35. The van der Waals surface area contributed by atoms with Gasteiger partial charge in [0.2, 0.25) is 0 Å². The van der Waals surface area contributed by atoms with E-state index in [1.165, 1.54) is 0 Å². The summed E-state index contributed by atoms with van der Waals surface area (Å²) in [6, 6.07) is 0. The third-order valence-electron chi connectivity index (χ3n) is 2.81. The molecule has 0 aromatic carbocycles. The van der Waals surface area contributed by atoms with Crippen LogP contribution < -0.4 is 0 Å². The van der Waals surface area contributed by atoms with E-state index in [4.69, 9.17) is 5.11 Å². The average molecular weight is 247 g/mol. The molecule has 1 aliphatic heterocycles. The first kappa shape index (κ1) is 13.8. The number of nitrogens with zero attached hydrogens (tertiary/aromatic N) is 1. The topological polar surface area (TPSA) is 60.8 Å². The summed E-state index contributed by atoms with van der Waals surface area (Å²) in [5.41, 5.74) is 0. The van der Waals surface area contributed by atoms with Crippen molar-refractivity contribution >= 4 is 17.7 Å². The highest BCUT2D eigenvalue weighted by Crippen LogP contribution is 2.30. The van der Waals surface area contributed by atoms with Crippen LogP contribution in [0.1, 0.15) is 26.7 Å². The van der Waals surface area contributed by atoms with Crippen LogP contribution in [0.4, 0.5) is 0 Å². The number of aliphatic hydroxyl groups excluding tert-OH is 1. The summed E-state index contributed by atoms with van der Waals surface area (Å²) in [6.07, 6.45) is 0.175. The highest BCUT2D eigenvalue weighted by Gasteiger charge is 2.24. The fourth-order valence-corrected chi connectivity index (χ4v) is 2.95. The summed E-state index contributed by atoms with van der Waals surface area (Å²) in [7, 11) is 0. The Bertz CT molecular complexity index is 245. The molecule has 1 atom stereocenters. The van der Waals surface area contributed by atoms with E-state index in [0.29, 0.717) is 11.3 Å². The molecular formula is C11H21NO3S. The normalized spacial score (nSPS) is 23.7. The van der Waals surface area contributed by atoms with Crippen LogP contribution in [0.25, 0.3) is 0 Å². The zero-order valence-electron chi connectivity index (χ0n) is 9.98. The molecule has 94 valence electrons. The molecule has 0 saturated carbocycles. The van der Waals surface area contributed by atoms with Gasteiger partial charge < -0.3 is 10.2 Å². The number of aliphatic hydroxyl groups is 1. The van der Waals surface area contributed by atoms with Crippen molar-refractivity contribution < 1.29 is 15.0 Å². The third-order valence-corrected chi connectivity index (χ3v) is 4.18. The van der Waals surface area contributed by atoms with E-state index in [-0.39, 0.29) is 6.42 Å². The summed E-state index contributed by atoms with van der Waals surface area (Å²) >= 11 is 1.95. The zero-order chi connectivity index (χ0) is 12.2. The average Bonchev–Trinajstić information content (AvgIpc) is 2.26. The van der Waals surface area contributed by atoms with Crippen molar-refractivity contribution in [3.63, 3.8) is 0 Å². The lowest BCUT2D eigenvalue weighted by Gasteiger charge is -2.23. The second kappa shape index (κ2) is 5.89. The van der Waals surface area contributed by atoms with Crippen molar-refractivity contribution in [1.29, 1.82) is 0 Å². The van der Waals surface area contributed by atoms with Gasteiger partial charge in [0.1, 0.15) is 0 Å². The Balaban J connectivity index is 2.35. The Kier molecular flexibility index (Phi) is 5.08. The minimum absolute atomic E-state index is 0.160. The Labute approximate surface area is 101 Å². The number of carboxylic acids is 1. The highest BCUT2D eigenvalue weighted by atomic mass is 32.2. The molecule has 0 aliphatic carbocycles. The largest absolute Gasteiger partial charge is 0.481 e. The number of carbonyl (C=O) groups is 1. The summed E-state index contributed by atoms with van der Waals surface area (Å²) in [5.74, 6) is 0.115. The number of β-amino-alcohol motifs (C(OH)–C–C–N with tert-alkyl or cyclic N) is 1. The molecule has 0 amide bonds. The van der Waals surface area contributed by atoms with Crippen LogP contribution in [0.15, 0.2) is 0 Å². The summed E-state index contributed by atoms with van der Waals surface area (Å²) in [6.45, 7) is 6.81. The number of carboxylic acid groups (broad SMARTS) is 1. The Morgan fingerprint density at radius 2 is 2.19 bits per heavy atom. The first-order chi connectivity index (χ1) is 7.39. The number of aliphatic carboxylic acids is 1. The fourth-order valence-electron chi connectivity index (χ4n) is 1.81. The molecule has 0 radical (unpaired) electrons. The van der Waals surface area contributed by atoms with Crippen LogP contribution in [-0.4, -0.2) is 57.3 Å². The van der Waals surface area contributed by atoms with E-state index in [2.05, 4.69) is 18.7 Å². The van der Waals surface area contributed by atoms with E-state index in [9.17, 15) is 9.90 Å². The van der Waals surface area contributed by atoms with Gasteiger partial charge in [0.15, 0.2) is 0 Å². The second-order valence-electron chi connectivity index (χ2n) is 4.91. The molecule has 5 heteroatoms. The van der Waals surface area contributed by atoms with Gasteiger partial charge >= 0.3 is 5.97 Å². The quantitative estimate of drug-likeness (QED) is 0.777. The standard InChI is InChI=1S/C11H21NO3S/c1-11(2)3-4-12(5-6-16-11)8-9(13)7-10(14)15/h9,13H,3-8H2,1-2H3,(H,14,15). The summed E-state index contributed by atoms with van der Waals surface area (Å²) in [4.78, 5) is 12.6. The Morgan fingerprint density at radius 3 is 2.81 bits per heavy atom. The molecule has 4 nitrogen and oxygen atoms in total. The molecule has 1 fully saturated rings. The van der Waals surface area contributed by atoms with Crippen molar-refractivity contribution in [1.82, 2.24) is 4.90 Å². The van der Waals surface area contributed by atoms with Gasteiger partial charge in [-0.05, 0) is 13.0 Å². The Morgan fingerprint density at radius 1 is 1.50 bits per heavy atom. The monoisotopic (exact) mass is 247 g/mol. The van der Waals surface area contributed by atoms with Gasteiger partial charge in [0.25, 0.3) is 0 Å². The summed E-state index contributed by atoms with van der Waals surface area (Å²) in [5, 5.41) is 18.1. The third kappa shape index (κ3) is 5.18. The molecule has 1 aliphatic rings. The van der Waals surface area contributed by atoms with Crippen molar-refractivity contribution in [3.05, 3.63) is 0 Å². The second-order valence-corrected chi connectivity index (χ2v) is 6.71. The van der Waals surface area contributed by atoms with Crippen molar-refractivity contribution in [2.24, 2.45) is 0 Å². The molecule has 0 bridgehead atoms. The van der Waals surface area contributed by atoms with Crippen LogP contribution in [0.2, 0.25) is 0 Å². The maximum atomic E-state index is 10.4.